The molecule has 1 saturated heterocycles. The summed E-state index contributed by atoms with van der Waals surface area (Å²) in [6.45, 7) is -0.325. The van der Waals surface area contributed by atoms with E-state index in [2.05, 4.69) is 0 Å². The minimum absolute atomic E-state index is 0.0145. The Kier molecular flexibility index (Phi) is 6.80. The van der Waals surface area contributed by atoms with E-state index in [4.69, 9.17) is 31.7 Å². The first-order chi connectivity index (χ1) is 8.48. The van der Waals surface area contributed by atoms with Crippen LogP contribution in [0.5, 0.6) is 0 Å². The maximum absolute atomic E-state index is 11.5. The Bertz CT molecular complexity index is 290. The van der Waals surface area contributed by atoms with Crippen molar-refractivity contribution >= 4 is 15.4 Å². The van der Waals surface area contributed by atoms with Crippen LogP contribution in [-0.4, -0.2) is 69.3 Å². The van der Waals surface area contributed by atoms with E-state index in [0.717, 1.165) is 0 Å². The van der Waals surface area contributed by atoms with Crippen LogP contribution in [0.25, 0.3) is 0 Å². The van der Waals surface area contributed by atoms with Crippen LogP contribution in [0.1, 0.15) is 6.42 Å². The van der Waals surface area contributed by atoms with Gasteiger partial charge in [0.05, 0.1) is 25.9 Å². The van der Waals surface area contributed by atoms with Gasteiger partial charge in [-0.05, 0) is 6.42 Å². The zero-order chi connectivity index (χ0) is 13.6. The zero-order valence-electron chi connectivity index (χ0n) is 10.2. The maximum Gasteiger partial charge on any atom is 0.353 e. The third kappa shape index (κ3) is 5.36. The van der Waals surface area contributed by atoms with Crippen molar-refractivity contribution in [3.8, 4) is 0 Å². The Balaban J connectivity index is 2.32. The normalized spacial score (nSPS) is 31.4. The summed E-state index contributed by atoms with van der Waals surface area (Å²) in [5.41, 5.74) is 0. The molecule has 7 nitrogen and oxygen atoms in total. The molecule has 0 amide bonds. The van der Waals surface area contributed by atoms with Crippen molar-refractivity contribution in [1.82, 2.24) is 0 Å². The van der Waals surface area contributed by atoms with E-state index in [9.17, 15) is 9.46 Å². The van der Waals surface area contributed by atoms with E-state index in [-0.39, 0.29) is 25.9 Å². The van der Waals surface area contributed by atoms with Gasteiger partial charge in [0.25, 0.3) is 0 Å². The molecular formula is C9H18BO7P. The van der Waals surface area contributed by atoms with Crippen molar-refractivity contribution in [2.75, 3.05) is 33.3 Å². The summed E-state index contributed by atoms with van der Waals surface area (Å²) < 4.78 is 31.6. The SMILES string of the molecule is [B]C1CC(OC)C(COP(=O)(O)COCCO)O1. The Hall–Kier alpha value is 0.0549. The average molecular weight is 280 g/mol. The molecule has 9 heteroatoms. The van der Waals surface area contributed by atoms with Gasteiger partial charge in [0.2, 0.25) is 0 Å². The molecule has 0 aliphatic carbocycles. The van der Waals surface area contributed by atoms with E-state index in [1.807, 2.05) is 0 Å². The Labute approximate surface area is 107 Å². The number of hydrogen-bond acceptors (Lipinski definition) is 6. The molecule has 2 N–H and O–H groups in total. The quantitative estimate of drug-likeness (QED) is 0.350. The van der Waals surface area contributed by atoms with E-state index >= 15 is 0 Å². The Morgan fingerprint density at radius 1 is 1.56 bits per heavy atom. The highest BCUT2D eigenvalue weighted by Gasteiger charge is 2.34. The van der Waals surface area contributed by atoms with Gasteiger partial charge in [-0.25, -0.2) is 0 Å². The lowest BCUT2D eigenvalue weighted by molar-refractivity contribution is -0.0183. The van der Waals surface area contributed by atoms with Crippen LogP contribution in [-0.2, 0) is 23.3 Å². The molecule has 0 aromatic heterocycles. The lowest BCUT2D eigenvalue weighted by Crippen LogP contribution is -2.28. The second-order valence-electron chi connectivity index (χ2n) is 3.92. The van der Waals surface area contributed by atoms with Crippen molar-refractivity contribution < 1.29 is 33.3 Å². The molecular weight excluding hydrogens is 262 g/mol. The van der Waals surface area contributed by atoms with Crippen molar-refractivity contribution in [3.05, 3.63) is 0 Å². The van der Waals surface area contributed by atoms with Gasteiger partial charge in [-0.3, -0.25) is 4.57 Å². The molecule has 0 saturated carbocycles. The lowest BCUT2D eigenvalue weighted by Gasteiger charge is -2.19. The summed E-state index contributed by atoms with van der Waals surface area (Å²) >= 11 is 0. The number of methoxy groups -OCH3 is 1. The van der Waals surface area contributed by atoms with Crippen molar-refractivity contribution in [2.45, 2.75) is 24.6 Å². The third-order valence-corrected chi connectivity index (χ3v) is 3.52. The van der Waals surface area contributed by atoms with Crippen LogP contribution in [0, 0.1) is 0 Å². The van der Waals surface area contributed by atoms with Crippen molar-refractivity contribution in [1.29, 1.82) is 0 Å². The van der Waals surface area contributed by atoms with Crippen LogP contribution in [0.3, 0.4) is 0 Å². The lowest BCUT2D eigenvalue weighted by atomic mass is 9.96. The highest BCUT2D eigenvalue weighted by molar-refractivity contribution is 7.52. The van der Waals surface area contributed by atoms with E-state index < -0.39 is 26.1 Å². The van der Waals surface area contributed by atoms with Crippen LogP contribution < -0.4 is 0 Å². The molecule has 0 bridgehead atoms. The Morgan fingerprint density at radius 2 is 2.28 bits per heavy atom. The highest BCUT2D eigenvalue weighted by atomic mass is 31.2. The van der Waals surface area contributed by atoms with Gasteiger partial charge in [-0.15, -0.1) is 0 Å². The largest absolute Gasteiger partial charge is 0.394 e. The maximum atomic E-state index is 11.5. The summed E-state index contributed by atoms with van der Waals surface area (Å²) in [7, 11) is 3.26. The van der Waals surface area contributed by atoms with Crippen LogP contribution in [0.4, 0.5) is 0 Å². The smallest absolute Gasteiger partial charge is 0.353 e. The average Bonchev–Trinajstić information content (AvgIpc) is 2.67. The first-order valence-electron chi connectivity index (χ1n) is 5.57. The number of aliphatic hydroxyl groups excluding tert-OH is 1. The molecule has 0 aromatic carbocycles. The minimum atomic E-state index is -3.84. The van der Waals surface area contributed by atoms with Gasteiger partial charge in [0.1, 0.15) is 20.3 Å². The third-order valence-electron chi connectivity index (χ3n) is 2.46. The topological polar surface area (TPSA) is 94.5 Å². The van der Waals surface area contributed by atoms with Gasteiger partial charge < -0.3 is 28.7 Å². The first-order valence-corrected chi connectivity index (χ1v) is 7.33. The molecule has 104 valence electrons. The molecule has 1 aliphatic heterocycles. The summed E-state index contributed by atoms with van der Waals surface area (Å²) in [4.78, 5) is 9.43. The van der Waals surface area contributed by atoms with Gasteiger partial charge in [0, 0.05) is 13.1 Å². The fourth-order valence-electron chi connectivity index (χ4n) is 1.61. The number of ether oxygens (including phenoxy) is 3. The fraction of sp³-hybridized carbons (Fsp3) is 1.00. The molecule has 4 unspecified atom stereocenters. The van der Waals surface area contributed by atoms with Gasteiger partial charge in [0.15, 0.2) is 0 Å². The number of aliphatic hydroxyl groups is 1. The van der Waals surface area contributed by atoms with Crippen molar-refractivity contribution in [2.24, 2.45) is 0 Å². The predicted molar refractivity (Wildman–Crippen MR) is 63.5 cm³/mol. The second kappa shape index (κ2) is 7.60. The monoisotopic (exact) mass is 280 g/mol. The number of rotatable bonds is 8. The van der Waals surface area contributed by atoms with Crippen molar-refractivity contribution in [3.63, 3.8) is 0 Å². The van der Waals surface area contributed by atoms with Gasteiger partial charge in [-0.2, -0.15) is 0 Å². The summed E-state index contributed by atoms with van der Waals surface area (Å²) in [5, 5.41) is 8.47. The summed E-state index contributed by atoms with van der Waals surface area (Å²) in [5.74, 6) is 0. The first kappa shape index (κ1) is 16.1. The van der Waals surface area contributed by atoms with Crippen LogP contribution in [0.15, 0.2) is 0 Å². The molecule has 0 spiro atoms. The molecule has 2 radical (unpaired) electrons. The molecule has 0 aromatic rings. The van der Waals surface area contributed by atoms with Gasteiger partial charge >= 0.3 is 7.60 Å². The Morgan fingerprint density at radius 3 is 2.89 bits per heavy atom. The molecule has 1 fully saturated rings. The fourth-order valence-corrected chi connectivity index (χ4v) is 2.43. The molecule has 1 aliphatic rings. The second-order valence-corrected chi connectivity index (χ2v) is 5.71. The van der Waals surface area contributed by atoms with Crippen LogP contribution in [0.2, 0.25) is 0 Å². The molecule has 1 rings (SSSR count). The molecule has 4 atom stereocenters. The summed E-state index contributed by atoms with van der Waals surface area (Å²) in [6.07, 6.45) is -0.674. The zero-order valence-corrected chi connectivity index (χ0v) is 11.1. The van der Waals surface area contributed by atoms with E-state index in [0.29, 0.717) is 6.42 Å². The highest BCUT2D eigenvalue weighted by Crippen LogP contribution is 2.42. The summed E-state index contributed by atoms with van der Waals surface area (Å²) in [6, 6.07) is -0.452. The molecule has 1 heterocycles. The van der Waals surface area contributed by atoms with E-state index in [1.54, 1.807) is 0 Å². The van der Waals surface area contributed by atoms with E-state index in [1.165, 1.54) is 7.11 Å². The standard InChI is InChI=1S/C9H18BO7P/c1-14-7-4-9(10)17-8(7)5-16-18(12,13)6-15-3-2-11/h7-9,11H,2-6H2,1H3,(H,12,13). The van der Waals surface area contributed by atoms with Gasteiger partial charge in [-0.1, -0.05) is 0 Å². The molecule has 18 heavy (non-hydrogen) atoms. The minimum Gasteiger partial charge on any atom is -0.394 e. The van der Waals surface area contributed by atoms with Crippen LogP contribution >= 0.6 is 7.60 Å². The number of hydrogen-bond donors (Lipinski definition) is 2. The predicted octanol–water partition coefficient (Wildman–Crippen LogP) is -0.547.